The second-order valence-electron chi connectivity index (χ2n) is 7.32. The molecule has 0 bridgehead atoms. The monoisotopic (exact) mass is 453 g/mol. The van der Waals surface area contributed by atoms with Gasteiger partial charge >= 0.3 is 12.0 Å². The average Bonchev–Trinajstić information content (AvgIpc) is 2.77. The van der Waals surface area contributed by atoms with Crippen LogP contribution in [0.3, 0.4) is 0 Å². The number of hydrogen-bond donors (Lipinski definition) is 5. The fraction of sp³-hybridized carbons (Fsp3) is 0.167. The van der Waals surface area contributed by atoms with Gasteiger partial charge < -0.3 is 26.6 Å². The first-order valence-corrected chi connectivity index (χ1v) is 10.4. The van der Waals surface area contributed by atoms with Crippen LogP contribution in [0.4, 0.5) is 10.5 Å². The van der Waals surface area contributed by atoms with Crippen molar-refractivity contribution in [3.05, 3.63) is 94.0 Å². The Hall–Kier alpha value is -3.55. The third-order valence-corrected chi connectivity index (χ3v) is 5.16. The van der Waals surface area contributed by atoms with E-state index in [0.29, 0.717) is 29.1 Å². The molecular formula is C24H24ClN3O4. The maximum absolute atomic E-state index is 12.6. The van der Waals surface area contributed by atoms with Crippen molar-refractivity contribution < 1.29 is 19.8 Å². The lowest BCUT2D eigenvalue weighted by Gasteiger charge is -2.19. The molecule has 0 radical (unpaired) electrons. The van der Waals surface area contributed by atoms with Gasteiger partial charge in [0.05, 0.1) is 18.2 Å². The number of anilines is 1. The van der Waals surface area contributed by atoms with Crippen LogP contribution < -0.4 is 16.4 Å². The maximum atomic E-state index is 12.6. The van der Waals surface area contributed by atoms with Gasteiger partial charge in [0.15, 0.2) is 0 Å². The van der Waals surface area contributed by atoms with Crippen LogP contribution in [0, 0.1) is 0 Å². The first-order chi connectivity index (χ1) is 15.4. The number of carboxylic acid groups (broad SMARTS) is 1. The number of aromatic hydroxyl groups is 1. The van der Waals surface area contributed by atoms with E-state index in [1.165, 1.54) is 6.07 Å². The molecule has 3 aromatic carbocycles. The van der Waals surface area contributed by atoms with E-state index in [9.17, 15) is 19.8 Å². The van der Waals surface area contributed by atoms with Gasteiger partial charge in [0.25, 0.3) is 0 Å². The number of benzene rings is 3. The molecule has 0 spiro atoms. The van der Waals surface area contributed by atoms with Gasteiger partial charge in [0, 0.05) is 23.6 Å². The molecule has 0 fully saturated rings. The van der Waals surface area contributed by atoms with Gasteiger partial charge in [-0.2, -0.15) is 0 Å². The van der Waals surface area contributed by atoms with E-state index < -0.39 is 18.0 Å². The summed E-state index contributed by atoms with van der Waals surface area (Å²) in [6.07, 6.45) is 0.120. The molecule has 0 aliphatic rings. The number of hydrogen-bond acceptors (Lipinski definition) is 4. The van der Waals surface area contributed by atoms with Crippen LogP contribution in [0.25, 0.3) is 0 Å². The molecule has 0 saturated carbocycles. The molecule has 7 nitrogen and oxygen atoms in total. The Morgan fingerprint density at radius 1 is 1.00 bits per heavy atom. The number of carbonyl (C=O) groups excluding carboxylic acids is 1. The summed E-state index contributed by atoms with van der Waals surface area (Å²) < 4.78 is 0. The number of urea groups is 1. The smallest absolute Gasteiger partial charge is 0.319 e. The number of halogens is 1. The van der Waals surface area contributed by atoms with Gasteiger partial charge in [-0.05, 0) is 28.8 Å². The molecule has 0 unspecified atom stereocenters. The van der Waals surface area contributed by atoms with Gasteiger partial charge in [0.2, 0.25) is 0 Å². The second kappa shape index (κ2) is 10.7. The van der Waals surface area contributed by atoms with E-state index in [-0.39, 0.29) is 17.9 Å². The van der Waals surface area contributed by atoms with E-state index in [1.54, 1.807) is 30.3 Å². The first-order valence-electron chi connectivity index (χ1n) is 9.99. The number of carbonyl (C=O) groups is 2. The van der Waals surface area contributed by atoms with E-state index >= 15 is 0 Å². The summed E-state index contributed by atoms with van der Waals surface area (Å²) in [5.41, 5.74) is 8.78. The van der Waals surface area contributed by atoms with Crippen LogP contribution in [0.2, 0.25) is 5.02 Å². The number of nitrogens with two attached hydrogens (primary N) is 1. The highest BCUT2D eigenvalue weighted by Crippen LogP contribution is 2.33. The Morgan fingerprint density at radius 3 is 2.31 bits per heavy atom. The zero-order valence-corrected chi connectivity index (χ0v) is 18.0. The summed E-state index contributed by atoms with van der Waals surface area (Å²) in [5, 5.41) is 25.5. The predicted octanol–water partition coefficient (Wildman–Crippen LogP) is 4.43. The molecule has 6 N–H and O–H groups in total. The largest absolute Gasteiger partial charge is 0.505 e. The second-order valence-corrected chi connectivity index (χ2v) is 7.75. The highest BCUT2D eigenvalue weighted by atomic mass is 35.5. The Labute approximate surface area is 190 Å². The predicted molar refractivity (Wildman–Crippen MR) is 124 cm³/mol. The summed E-state index contributed by atoms with van der Waals surface area (Å²) in [6.45, 7) is 0.358. The van der Waals surface area contributed by atoms with Gasteiger partial charge in [-0.3, -0.25) is 4.79 Å². The summed E-state index contributed by atoms with van der Waals surface area (Å²) in [5.74, 6) is -1.16. The van der Waals surface area contributed by atoms with E-state index in [4.69, 9.17) is 17.3 Å². The van der Waals surface area contributed by atoms with E-state index in [2.05, 4.69) is 10.6 Å². The number of carboxylic acids is 1. The number of amides is 2. The molecule has 8 heteroatoms. The van der Waals surface area contributed by atoms with Crippen molar-refractivity contribution >= 4 is 29.3 Å². The minimum absolute atomic E-state index is 0.101. The van der Waals surface area contributed by atoms with Crippen LogP contribution in [-0.4, -0.2) is 22.2 Å². The lowest BCUT2D eigenvalue weighted by Crippen LogP contribution is -2.33. The fourth-order valence-corrected chi connectivity index (χ4v) is 3.57. The molecule has 32 heavy (non-hydrogen) atoms. The number of aliphatic carboxylic acids is 1. The van der Waals surface area contributed by atoms with Crippen LogP contribution in [0.5, 0.6) is 5.75 Å². The van der Waals surface area contributed by atoms with Crippen molar-refractivity contribution in [2.45, 2.75) is 25.4 Å². The molecular weight excluding hydrogens is 430 g/mol. The topological polar surface area (TPSA) is 125 Å². The van der Waals surface area contributed by atoms with Crippen LogP contribution in [0.15, 0.2) is 66.7 Å². The Morgan fingerprint density at radius 2 is 1.69 bits per heavy atom. The van der Waals surface area contributed by atoms with Crippen LogP contribution >= 0.6 is 11.6 Å². The normalized spacial score (nSPS) is 11.6. The van der Waals surface area contributed by atoms with Crippen molar-refractivity contribution in [1.82, 2.24) is 5.32 Å². The van der Waals surface area contributed by atoms with Gasteiger partial charge in [-0.1, -0.05) is 66.2 Å². The SMILES string of the molecule is NCc1ccc([C@H](CC(=O)O)NC(=O)Nc2cc(Cl)cc(Cc3ccccc3)c2O)cc1. The van der Waals surface area contributed by atoms with Gasteiger partial charge in [0.1, 0.15) is 5.75 Å². The van der Waals surface area contributed by atoms with Crippen molar-refractivity contribution in [2.75, 3.05) is 5.32 Å². The minimum Gasteiger partial charge on any atom is -0.505 e. The Balaban J connectivity index is 1.77. The molecule has 166 valence electrons. The van der Waals surface area contributed by atoms with Crippen molar-refractivity contribution in [1.29, 1.82) is 0 Å². The van der Waals surface area contributed by atoms with Crippen molar-refractivity contribution in [3.63, 3.8) is 0 Å². The number of rotatable bonds is 8. The van der Waals surface area contributed by atoms with Crippen LogP contribution in [0.1, 0.15) is 34.7 Å². The number of nitrogens with one attached hydrogen (secondary N) is 2. The zero-order valence-electron chi connectivity index (χ0n) is 17.2. The third kappa shape index (κ3) is 6.23. The molecule has 0 heterocycles. The number of phenolic OH excluding ortho intramolecular Hbond substituents is 1. The summed E-state index contributed by atoms with van der Waals surface area (Å²) in [4.78, 5) is 24.0. The Bertz CT molecular complexity index is 1090. The maximum Gasteiger partial charge on any atom is 0.319 e. The summed E-state index contributed by atoms with van der Waals surface area (Å²) >= 11 is 6.20. The van der Waals surface area contributed by atoms with Gasteiger partial charge in [-0.25, -0.2) is 4.79 Å². The summed E-state index contributed by atoms with van der Waals surface area (Å²) in [6, 6.07) is 18.2. The minimum atomic E-state index is -1.06. The lowest BCUT2D eigenvalue weighted by atomic mass is 10.0. The van der Waals surface area contributed by atoms with Gasteiger partial charge in [-0.15, -0.1) is 0 Å². The fourth-order valence-electron chi connectivity index (χ4n) is 3.33. The molecule has 2 amide bonds. The molecule has 3 aromatic rings. The Kier molecular flexibility index (Phi) is 7.70. The van der Waals surface area contributed by atoms with E-state index in [0.717, 1.165) is 11.1 Å². The average molecular weight is 454 g/mol. The molecule has 0 aromatic heterocycles. The molecule has 0 aliphatic carbocycles. The lowest BCUT2D eigenvalue weighted by molar-refractivity contribution is -0.137. The van der Waals surface area contributed by atoms with Crippen LogP contribution in [-0.2, 0) is 17.8 Å². The van der Waals surface area contributed by atoms with E-state index in [1.807, 2.05) is 30.3 Å². The molecule has 0 aliphatic heterocycles. The molecule has 0 saturated heterocycles. The summed E-state index contributed by atoms with van der Waals surface area (Å²) in [7, 11) is 0. The van der Waals surface area contributed by atoms with Crippen molar-refractivity contribution in [3.8, 4) is 5.75 Å². The van der Waals surface area contributed by atoms with Crippen molar-refractivity contribution in [2.24, 2.45) is 5.73 Å². The molecule has 3 rings (SSSR count). The highest BCUT2D eigenvalue weighted by molar-refractivity contribution is 6.31. The molecule has 1 atom stereocenters. The number of phenols is 1. The first kappa shape index (κ1) is 23.1. The standard InChI is InChI=1S/C24H24ClN3O4/c25-19-11-18(10-15-4-2-1-3-5-15)23(31)21(12-19)28-24(32)27-20(13-22(29)30)17-8-6-16(14-26)7-9-17/h1-9,11-12,20,31H,10,13-14,26H2,(H,29,30)(H2,27,28,32)/t20-/m0/s1. The highest BCUT2D eigenvalue weighted by Gasteiger charge is 2.20. The zero-order chi connectivity index (χ0) is 23.1. The third-order valence-electron chi connectivity index (χ3n) is 4.94. The quantitative estimate of drug-likeness (QED) is 0.322.